The van der Waals surface area contributed by atoms with Gasteiger partial charge in [-0.2, -0.15) is 5.10 Å². The van der Waals surface area contributed by atoms with Gasteiger partial charge in [0, 0.05) is 57.8 Å². The molecule has 0 bridgehead atoms. The lowest BCUT2D eigenvalue weighted by Crippen LogP contribution is -2.51. The summed E-state index contributed by atoms with van der Waals surface area (Å²) in [6, 6.07) is 16.4. The lowest BCUT2D eigenvalue weighted by Gasteiger charge is -2.35. The second-order valence-corrected chi connectivity index (χ2v) is 11.6. The van der Waals surface area contributed by atoms with Gasteiger partial charge in [-0.3, -0.25) is 4.79 Å². The third-order valence-electron chi connectivity index (χ3n) is 8.98. The summed E-state index contributed by atoms with van der Waals surface area (Å²) in [5.41, 5.74) is 5.51. The van der Waals surface area contributed by atoms with Crippen LogP contribution in [0.3, 0.4) is 0 Å². The number of carbonyl (C=O) groups excluding carboxylic acids is 1. The highest BCUT2D eigenvalue weighted by molar-refractivity contribution is 5.96. The number of ether oxygens (including phenoxy) is 3. The maximum Gasteiger partial charge on any atom is 0.271 e. The Hall–Kier alpha value is -4.32. The van der Waals surface area contributed by atoms with Crippen LogP contribution in [0.4, 0.5) is 5.69 Å². The van der Waals surface area contributed by atoms with Gasteiger partial charge < -0.3 is 29.0 Å². The van der Waals surface area contributed by atoms with Gasteiger partial charge in [-0.15, -0.1) is 0 Å². The first-order valence-corrected chi connectivity index (χ1v) is 15.1. The summed E-state index contributed by atoms with van der Waals surface area (Å²) < 4.78 is 20.9. The number of nitrogens with one attached hydrogen (secondary N) is 1. The molecule has 4 aromatic heterocycles. The number of imidazole rings is 1. The van der Waals surface area contributed by atoms with Gasteiger partial charge in [0.2, 0.25) is 0 Å². The van der Waals surface area contributed by atoms with Crippen molar-refractivity contribution in [3.05, 3.63) is 78.4 Å². The molecule has 228 valence electrons. The van der Waals surface area contributed by atoms with Gasteiger partial charge in [0.05, 0.1) is 42.4 Å². The molecule has 5 heterocycles. The third kappa shape index (κ3) is 5.10. The van der Waals surface area contributed by atoms with Crippen LogP contribution in [-0.2, 0) is 20.8 Å². The van der Waals surface area contributed by atoms with Crippen LogP contribution in [0.1, 0.15) is 41.4 Å². The van der Waals surface area contributed by atoms with Crippen LogP contribution in [-0.4, -0.2) is 82.8 Å². The number of hydrogen-bond donors (Lipinski definition) is 1. The van der Waals surface area contributed by atoms with E-state index in [0.717, 1.165) is 52.8 Å². The largest absolute Gasteiger partial charge is 0.379 e. The van der Waals surface area contributed by atoms with Crippen LogP contribution in [0.2, 0.25) is 0 Å². The van der Waals surface area contributed by atoms with Crippen molar-refractivity contribution in [2.24, 2.45) is 0 Å². The number of pyridine rings is 1. The molecule has 2 aliphatic rings. The molecule has 7 rings (SSSR count). The Morgan fingerprint density at radius 1 is 1.05 bits per heavy atom. The number of methoxy groups -OCH3 is 2. The summed E-state index contributed by atoms with van der Waals surface area (Å²) in [7, 11) is 5.44. The van der Waals surface area contributed by atoms with E-state index >= 15 is 0 Å². The van der Waals surface area contributed by atoms with Crippen molar-refractivity contribution in [1.82, 2.24) is 29.5 Å². The fourth-order valence-corrected chi connectivity index (χ4v) is 6.40. The highest BCUT2D eigenvalue weighted by atomic mass is 16.5. The smallest absolute Gasteiger partial charge is 0.271 e. The molecule has 1 aliphatic heterocycles. The normalized spacial score (nSPS) is 21.8. The lowest BCUT2D eigenvalue weighted by molar-refractivity contribution is -0.0592. The van der Waals surface area contributed by atoms with Crippen LogP contribution in [0.25, 0.3) is 27.9 Å². The molecule has 1 aromatic carbocycles. The zero-order valence-corrected chi connectivity index (χ0v) is 25.2. The lowest BCUT2D eigenvalue weighted by atomic mass is 9.89. The Balaban J connectivity index is 1.36. The van der Waals surface area contributed by atoms with Crippen molar-refractivity contribution >= 4 is 28.3 Å². The van der Waals surface area contributed by atoms with Crippen LogP contribution in [0.5, 0.6) is 0 Å². The van der Waals surface area contributed by atoms with Crippen molar-refractivity contribution in [2.75, 3.05) is 39.4 Å². The van der Waals surface area contributed by atoms with Crippen molar-refractivity contribution in [2.45, 2.75) is 50.1 Å². The van der Waals surface area contributed by atoms with Crippen LogP contribution in [0.15, 0.2) is 67.1 Å². The number of nitrogens with zero attached hydrogens (tertiary/aromatic N) is 6. The number of hydrogen-bond acceptors (Lipinski definition) is 8. The number of rotatable bonds is 9. The molecule has 1 saturated carbocycles. The van der Waals surface area contributed by atoms with Crippen molar-refractivity contribution < 1.29 is 19.0 Å². The van der Waals surface area contributed by atoms with E-state index in [1.165, 1.54) is 0 Å². The maximum absolute atomic E-state index is 13.6. The topological polar surface area (TPSA) is 108 Å². The minimum atomic E-state index is -0.222. The molecule has 1 saturated heterocycles. The molecule has 44 heavy (non-hydrogen) atoms. The summed E-state index contributed by atoms with van der Waals surface area (Å²) >= 11 is 0. The molecular weight excluding hydrogens is 558 g/mol. The number of fused-ring (bicyclic) bond motifs is 2. The molecule has 1 amide bonds. The highest BCUT2D eigenvalue weighted by Crippen LogP contribution is 2.36. The van der Waals surface area contributed by atoms with E-state index in [2.05, 4.69) is 45.2 Å². The second-order valence-electron chi connectivity index (χ2n) is 11.6. The van der Waals surface area contributed by atoms with Gasteiger partial charge in [-0.05, 0) is 43.0 Å². The SMILES string of the molecule is CO[C@H]1CCC1NC(=O)c1cnc2c(N(C)Cc3ccccc3)cc(-c3cn([C@H]4CCOC[C@@H]4OC)c4ncccc34)nn12. The summed E-state index contributed by atoms with van der Waals surface area (Å²) in [5.74, 6) is -0.222. The molecule has 1 aliphatic carbocycles. The number of anilines is 1. The first-order valence-electron chi connectivity index (χ1n) is 15.1. The minimum Gasteiger partial charge on any atom is -0.379 e. The van der Waals surface area contributed by atoms with Crippen molar-refractivity contribution in [3.63, 3.8) is 0 Å². The average Bonchev–Trinajstić information content (AvgIpc) is 3.65. The molecule has 2 fully saturated rings. The Bertz CT molecular complexity index is 1780. The number of benzene rings is 1. The molecule has 11 nitrogen and oxygen atoms in total. The molecule has 0 radical (unpaired) electrons. The Morgan fingerprint density at radius 2 is 1.89 bits per heavy atom. The quantitative estimate of drug-likeness (QED) is 0.269. The molecule has 4 atom stereocenters. The monoisotopic (exact) mass is 595 g/mol. The minimum absolute atomic E-state index is 0.0222. The molecule has 11 heteroatoms. The highest BCUT2D eigenvalue weighted by Gasteiger charge is 2.34. The van der Waals surface area contributed by atoms with Gasteiger partial charge in [0.25, 0.3) is 5.91 Å². The van der Waals surface area contributed by atoms with E-state index in [0.29, 0.717) is 31.1 Å². The van der Waals surface area contributed by atoms with E-state index in [4.69, 9.17) is 29.3 Å². The summed E-state index contributed by atoms with van der Waals surface area (Å²) in [4.78, 5) is 25.2. The van der Waals surface area contributed by atoms with Crippen LogP contribution >= 0.6 is 0 Å². The van der Waals surface area contributed by atoms with E-state index in [1.807, 2.05) is 37.5 Å². The Kier molecular flexibility index (Phi) is 7.75. The summed E-state index contributed by atoms with van der Waals surface area (Å²) in [6.45, 7) is 1.84. The van der Waals surface area contributed by atoms with Gasteiger partial charge in [0.15, 0.2) is 11.3 Å². The summed E-state index contributed by atoms with van der Waals surface area (Å²) in [6.07, 6.45) is 8.09. The van der Waals surface area contributed by atoms with Gasteiger partial charge in [-0.25, -0.2) is 14.5 Å². The number of carbonyl (C=O) groups is 1. The molecule has 5 aromatic rings. The number of aromatic nitrogens is 5. The van der Waals surface area contributed by atoms with Crippen molar-refractivity contribution in [1.29, 1.82) is 0 Å². The predicted molar refractivity (Wildman–Crippen MR) is 167 cm³/mol. The van der Waals surface area contributed by atoms with E-state index in [9.17, 15) is 4.79 Å². The Morgan fingerprint density at radius 3 is 2.66 bits per heavy atom. The van der Waals surface area contributed by atoms with Crippen LogP contribution < -0.4 is 10.2 Å². The van der Waals surface area contributed by atoms with E-state index in [-0.39, 0.29) is 30.2 Å². The molecule has 1 N–H and O–H groups in total. The molecule has 1 unspecified atom stereocenters. The fraction of sp³-hybridized carbons (Fsp3) is 0.394. The van der Waals surface area contributed by atoms with E-state index < -0.39 is 0 Å². The summed E-state index contributed by atoms with van der Waals surface area (Å²) in [5, 5.41) is 9.16. The second kappa shape index (κ2) is 12.0. The van der Waals surface area contributed by atoms with Crippen molar-refractivity contribution in [3.8, 4) is 11.3 Å². The average molecular weight is 596 g/mol. The van der Waals surface area contributed by atoms with Crippen LogP contribution in [0, 0.1) is 0 Å². The first-order chi connectivity index (χ1) is 21.6. The van der Waals surface area contributed by atoms with Gasteiger partial charge in [0.1, 0.15) is 11.8 Å². The van der Waals surface area contributed by atoms with E-state index in [1.54, 1.807) is 24.9 Å². The third-order valence-corrected chi connectivity index (χ3v) is 8.98. The zero-order valence-electron chi connectivity index (χ0n) is 25.2. The zero-order chi connectivity index (χ0) is 30.2. The Labute approximate surface area is 255 Å². The first kappa shape index (κ1) is 28.5. The van der Waals surface area contributed by atoms with Gasteiger partial charge in [-0.1, -0.05) is 30.3 Å². The predicted octanol–water partition coefficient (Wildman–Crippen LogP) is 4.27. The fourth-order valence-electron chi connectivity index (χ4n) is 6.40. The molecule has 0 spiro atoms. The molecular formula is C33H37N7O4. The maximum atomic E-state index is 13.6. The van der Waals surface area contributed by atoms with Gasteiger partial charge >= 0.3 is 0 Å². The standard InChI is InChI=1S/C33H37N7O4/c1-38(18-21-8-5-4-6-9-21)27-16-25(37-40-28(17-35-32(27)40)33(41)36-24-11-12-29(24)42-2)23-19-39(31-22(23)10-7-14-34-31)26-13-15-44-20-30(26)43-3/h4-10,14,16-17,19,24,26,29-30H,11-13,15,18,20H2,1-3H3,(H,36,41)/t24?,26-,29-,30-/m0/s1. The number of amides is 1.